The monoisotopic (exact) mass is 524 g/mol. The first kappa shape index (κ1) is 26.9. The SMILES string of the molecule is CCOc1cc2ncc(C#N)c(Nc3cc(OC)c(F)cc3F)c2cc1NC(=O)NC1CCN(CC)CC1. The highest BCUT2D eigenvalue weighted by Crippen LogP contribution is 2.37. The quantitative estimate of drug-likeness (QED) is 0.374. The van der Waals surface area contributed by atoms with Crippen LogP contribution in [0.5, 0.6) is 11.5 Å². The number of pyridine rings is 1. The molecular formula is C27H30F2N6O3. The summed E-state index contributed by atoms with van der Waals surface area (Å²) in [5.41, 5.74) is 1.08. The van der Waals surface area contributed by atoms with Crippen LogP contribution in [0.15, 0.2) is 30.5 Å². The zero-order chi connectivity index (χ0) is 27.2. The number of piperidine rings is 1. The first-order valence-corrected chi connectivity index (χ1v) is 12.5. The zero-order valence-corrected chi connectivity index (χ0v) is 21.5. The minimum absolute atomic E-state index is 0.0503. The molecule has 4 rings (SSSR count). The molecule has 9 nitrogen and oxygen atoms in total. The van der Waals surface area contributed by atoms with Crippen molar-refractivity contribution in [2.24, 2.45) is 0 Å². The summed E-state index contributed by atoms with van der Waals surface area (Å²) in [6.07, 6.45) is 3.06. The highest BCUT2D eigenvalue weighted by Gasteiger charge is 2.21. The lowest BCUT2D eigenvalue weighted by molar-refractivity contribution is 0.203. The molecule has 38 heavy (non-hydrogen) atoms. The van der Waals surface area contributed by atoms with Gasteiger partial charge in [-0.1, -0.05) is 6.92 Å². The molecule has 3 aromatic rings. The number of likely N-dealkylation sites (tertiary alicyclic amines) is 1. The predicted molar refractivity (Wildman–Crippen MR) is 141 cm³/mol. The van der Waals surface area contributed by atoms with Crippen LogP contribution in [0.1, 0.15) is 32.3 Å². The number of nitriles is 1. The minimum Gasteiger partial charge on any atom is -0.494 e. The summed E-state index contributed by atoms with van der Waals surface area (Å²) >= 11 is 0. The first-order chi connectivity index (χ1) is 18.4. The van der Waals surface area contributed by atoms with Gasteiger partial charge in [0.1, 0.15) is 17.6 Å². The van der Waals surface area contributed by atoms with Gasteiger partial charge in [-0.2, -0.15) is 5.26 Å². The van der Waals surface area contributed by atoms with Gasteiger partial charge in [0.05, 0.1) is 41.9 Å². The molecule has 1 aromatic heterocycles. The Hall–Kier alpha value is -4.17. The van der Waals surface area contributed by atoms with E-state index in [0.717, 1.165) is 32.5 Å². The molecule has 1 saturated heterocycles. The lowest BCUT2D eigenvalue weighted by Crippen LogP contribution is -2.45. The molecule has 200 valence electrons. The van der Waals surface area contributed by atoms with Gasteiger partial charge in [0.15, 0.2) is 11.6 Å². The molecule has 2 heterocycles. The van der Waals surface area contributed by atoms with E-state index < -0.39 is 11.6 Å². The summed E-state index contributed by atoms with van der Waals surface area (Å²) in [6.45, 7) is 7.11. The van der Waals surface area contributed by atoms with Crippen molar-refractivity contribution in [1.29, 1.82) is 5.26 Å². The molecule has 0 aliphatic carbocycles. The molecule has 0 saturated carbocycles. The van der Waals surface area contributed by atoms with Crippen molar-refractivity contribution < 1.29 is 23.0 Å². The third-order valence-electron chi connectivity index (χ3n) is 6.51. The Kier molecular flexibility index (Phi) is 8.43. The highest BCUT2D eigenvalue weighted by molar-refractivity contribution is 6.01. The summed E-state index contributed by atoms with van der Waals surface area (Å²) < 4.78 is 39.3. The number of carbonyl (C=O) groups excluding carboxylic acids is 1. The second-order valence-electron chi connectivity index (χ2n) is 8.86. The van der Waals surface area contributed by atoms with Crippen LogP contribution in [0.3, 0.4) is 0 Å². The van der Waals surface area contributed by atoms with Gasteiger partial charge in [0.25, 0.3) is 0 Å². The first-order valence-electron chi connectivity index (χ1n) is 12.5. The third kappa shape index (κ3) is 5.86. The summed E-state index contributed by atoms with van der Waals surface area (Å²) in [6, 6.07) is 6.84. The predicted octanol–water partition coefficient (Wildman–Crippen LogP) is 5.14. The molecule has 0 atom stereocenters. The Morgan fingerprint density at radius 2 is 1.89 bits per heavy atom. The number of rotatable bonds is 8. The third-order valence-corrected chi connectivity index (χ3v) is 6.51. The molecule has 3 N–H and O–H groups in total. The van der Waals surface area contributed by atoms with Crippen LogP contribution >= 0.6 is 0 Å². The lowest BCUT2D eigenvalue weighted by atomic mass is 10.1. The lowest BCUT2D eigenvalue weighted by Gasteiger charge is -2.31. The number of ether oxygens (including phenoxy) is 2. The Bertz CT molecular complexity index is 1370. The van der Waals surface area contributed by atoms with Gasteiger partial charge in [-0.3, -0.25) is 4.98 Å². The van der Waals surface area contributed by atoms with Gasteiger partial charge >= 0.3 is 6.03 Å². The maximum absolute atomic E-state index is 14.6. The van der Waals surface area contributed by atoms with Crippen LogP contribution in [0.4, 0.5) is 30.6 Å². The summed E-state index contributed by atoms with van der Waals surface area (Å²) in [5, 5.41) is 18.9. The van der Waals surface area contributed by atoms with Crippen LogP contribution in [-0.4, -0.2) is 55.3 Å². The van der Waals surface area contributed by atoms with Gasteiger partial charge in [0, 0.05) is 48.9 Å². The minimum atomic E-state index is -0.866. The largest absolute Gasteiger partial charge is 0.494 e. The number of methoxy groups -OCH3 is 1. The Morgan fingerprint density at radius 3 is 2.55 bits per heavy atom. The van der Waals surface area contributed by atoms with Crippen molar-refractivity contribution in [3.63, 3.8) is 0 Å². The van der Waals surface area contributed by atoms with E-state index in [4.69, 9.17) is 9.47 Å². The second-order valence-corrected chi connectivity index (χ2v) is 8.86. The number of hydrogen-bond acceptors (Lipinski definition) is 7. The van der Waals surface area contributed by atoms with Crippen molar-refractivity contribution in [3.05, 3.63) is 47.7 Å². The molecule has 2 amide bonds. The zero-order valence-electron chi connectivity index (χ0n) is 21.5. The number of carbonyl (C=O) groups is 1. The van der Waals surface area contributed by atoms with E-state index in [1.54, 1.807) is 12.1 Å². The average Bonchev–Trinajstić information content (AvgIpc) is 2.91. The Labute approximate surface area is 219 Å². The van der Waals surface area contributed by atoms with E-state index in [-0.39, 0.29) is 34.8 Å². The number of nitrogens with zero attached hydrogens (tertiary/aromatic N) is 3. The van der Waals surface area contributed by atoms with Crippen molar-refractivity contribution in [1.82, 2.24) is 15.2 Å². The van der Waals surface area contributed by atoms with Crippen molar-refractivity contribution in [3.8, 4) is 17.6 Å². The van der Waals surface area contributed by atoms with Crippen LogP contribution in [0, 0.1) is 23.0 Å². The highest BCUT2D eigenvalue weighted by atomic mass is 19.1. The normalized spacial score (nSPS) is 14.1. The number of aromatic nitrogens is 1. The van der Waals surface area contributed by atoms with Crippen molar-refractivity contribution in [2.45, 2.75) is 32.7 Å². The smallest absolute Gasteiger partial charge is 0.319 e. The van der Waals surface area contributed by atoms with Crippen LogP contribution < -0.4 is 25.4 Å². The molecule has 11 heteroatoms. The molecule has 1 aliphatic heterocycles. The molecule has 0 bridgehead atoms. The summed E-state index contributed by atoms with van der Waals surface area (Å²) in [7, 11) is 1.27. The Balaban J connectivity index is 1.69. The van der Waals surface area contributed by atoms with E-state index >= 15 is 0 Å². The number of fused-ring (bicyclic) bond motifs is 1. The molecular weight excluding hydrogens is 494 g/mol. The number of benzene rings is 2. The maximum atomic E-state index is 14.6. The fourth-order valence-electron chi connectivity index (χ4n) is 4.47. The van der Waals surface area contributed by atoms with Gasteiger partial charge in [-0.15, -0.1) is 0 Å². The molecule has 0 unspecified atom stereocenters. The van der Waals surface area contributed by atoms with Gasteiger partial charge in [-0.05, 0) is 32.4 Å². The number of urea groups is 1. The summed E-state index contributed by atoms with van der Waals surface area (Å²) in [4.78, 5) is 19.6. The standard InChI is InChI=1S/C27H30F2N6O3/c1-4-35-8-6-17(7-9-35)32-27(36)34-23-10-18-21(12-25(23)38-5-2)31-15-16(14-30)26(18)33-22-13-24(37-3)20(29)11-19(22)28/h10-13,15,17H,4-9H2,1-3H3,(H,31,33)(H2,32,34,36). The van der Waals surface area contributed by atoms with Crippen LogP contribution in [0.25, 0.3) is 10.9 Å². The van der Waals surface area contributed by atoms with E-state index in [0.29, 0.717) is 35.0 Å². The fraction of sp³-hybridized carbons (Fsp3) is 0.370. The number of hydrogen-bond donors (Lipinski definition) is 3. The van der Waals surface area contributed by atoms with Gasteiger partial charge < -0.3 is 30.3 Å². The number of nitrogens with one attached hydrogen (secondary N) is 3. The topological polar surface area (TPSA) is 112 Å². The fourth-order valence-corrected chi connectivity index (χ4v) is 4.47. The number of halogens is 2. The Morgan fingerprint density at radius 1 is 1.13 bits per heavy atom. The van der Waals surface area contributed by atoms with Crippen molar-refractivity contribution in [2.75, 3.05) is 44.0 Å². The molecule has 1 fully saturated rings. The van der Waals surface area contributed by atoms with E-state index in [1.807, 2.05) is 13.0 Å². The van der Waals surface area contributed by atoms with Gasteiger partial charge in [-0.25, -0.2) is 13.6 Å². The van der Waals surface area contributed by atoms with E-state index in [2.05, 4.69) is 32.8 Å². The van der Waals surface area contributed by atoms with E-state index in [9.17, 15) is 18.8 Å². The molecule has 1 aliphatic rings. The van der Waals surface area contributed by atoms with E-state index in [1.165, 1.54) is 19.4 Å². The second kappa shape index (κ2) is 11.9. The van der Waals surface area contributed by atoms with Crippen LogP contribution in [0.2, 0.25) is 0 Å². The number of anilines is 3. The molecule has 2 aromatic carbocycles. The molecule has 0 spiro atoms. The maximum Gasteiger partial charge on any atom is 0.319 e. The summed E-state index contributed by atoms with van der Waals surface area (Å²) in [5.74, 6) is -1.48. The molecule has 0 radical (unpaired) electrons. The van der Waals surface area contributed by atoms with Crippen LogP contribution in [-0.2, 0) is 0 Å². The average molecular weight is 525 g/mol. The van der Waals surface area contributed by atoms with Crippen molar-refractivity contribution >= 4 is 34.0 Å². The van der Waals surface area contributed by atoms with Gasteiger partial charge in [0.2, 0.25) is 0 Å². The number of amides is 2.